The number of carboxylic acids is 1. The van der Waals surface area contributed by atoms with Gasteiger partial charge in [-0.2, -0.15) is 0 Å². The number of pyridine rings is 1. The molecule has 0 radical (unpaired) electrons. The van der Waals surface area contributed by atoms with E-state index in [9.17, 15) is 26.7 Å². The largest absolute Gasteiger partial charge is 0.573 e. The molecule has 0 unspecified atom stereocenters. The minimum atomic E-state index is -5.23. The van der Waals surface area contributed by atoms with Crippen molar-refractivity contribution in [3.05, 3.63) is 23.0 Å². The fraction of sp³-hybridized carbons (Fsp3) is 0.333. The lowest BCUT2D eigenvalue weighted by molar-refractivity contribution is -0.275. The van der Waals surface area contributed by atoms with Crippen molar-refractivity contribution < 1.29 is 36.6 Å². The fourth-order valence-electron chi connectivity index (χ4n) is 1.20. The van der Waals surface area contributed by atoms with Crippen LogP contribution in [0.25, 0.3) is 0 Å². The van der Waals surface area contributed by atoms with Crippen molar-refractivity contribution in [2.75, 3.05) is 0 Å². The molecule has 0 saturated heterocycles. The first-order chi connectivity index (χ1) is 8.65. The molecule has 0 amide bonds. The number of alkyl halides is 6. The van der Waals surface area contributed by atoms with Crippen LogP contribution in [0.4, 0.5) is 22.0 Å². The van der Waals surface area contributed by atoms with Gasteiger partial charge in [-0.3, -0.25) is 0 Å². The molecule has 19 heavy (non-hydrogen) atoms. The number of aromatic carboxylic acids is 1. The van der Waals surface area contributed by atoms with Gasteiger partial charge in [-0.25, -0.2) is 18.6 Å². The number of halogens is 6. The molecule has 0 aliphatic heterocycles. The smallest absolute Gasteiger partial charge is 0.478 e. The molecule has 0 fully saturated rings. The highest BCUT2D eigenvalue weighted by Gasteiger charge is 2.34. The second kappa shape index (κ2) is 5.68. The first-order valence-electron chi connectivity index (χ1n) is 4.52. The molecule has 1 rings (SSSR count). The summed E-state index contributed by atoms with van der Waals surface area (Å²) in [4.78, 5) is 14.0. The normalized spacial score (nSPS) is 11.7. The Morgan fingerprint density at radius 1 is 1.47 bits per heavy atom. The van der Waals surface area contributed by atoms with Crippen LogP contribution in [0.2, 0.25) is 0 Å². The van der Waals surface area contributed by atoms with Gasteiger partial charge < -0.3 is 9.84 Å². The predicted octanol–water partition coefficient (Wildman–Crippen LogP) is 3.51. The summed E-state index contributed by atoms with van der Waals surface area (Å²) >= 11 is 2.81. The Kier molecular flexibility index (Phi) is 4.66. The van der Waals surface area contributed by atoms with Crippen LogP contribution in [-0.2, 0) is 5.33 Å². The molecule has 0 aromatic carbocycles. The van der Waals surface area contributed by atoms with E-state index >= 15 is 0 Å². The molecule has 0 saturated carbocycles. The molecule has 106 valence electrons. The Bertz CT molecular complexity index is 491. The standard InChI is InChI=1S/C9H5BrF5NO3/c10-2-4-3(8(17)18)1-5(19-9(13,14)15)6(16-4)7(11)12/h1,7H,2H2,(H,17,18). The van der Waals surface area contributed by atoms with Gasteiger partial charge in [-0.1, -0.05) is 15.9 Å². The Hall–Kier alpha value is -1.45. The maximum Gasteiger partial charge on any atom is 0.573 e. The van der Waals surface area contributed by atoms with Gasteiger partial charge >= 0.3 is 12.3 Å². The molecule has 0 aliphatic carbocycles. The maximum absolute atomic E-state index is 12.6. The quantitative estimate of drug-likeness (QED) is 0.667. The maximum atomic E-state index is 12.6. The van der Waals surface area contributed by atoms with Crippen molar-refractivity contribution in [1.82, 2.24) is 4.98 Å². The predicted molar refractivity (Wildman–Crippen MR) is 55.5 cm³/mol. The van der Waals surface area contributed by atoms with Crippen molar-refractivity contribution in [2.24, 2.45) is 0 Å². The van der Waals surface area contributed by atoms with E-state index in [0.29, 0.717) is 6.07 Å². The average molecular weight is 350 g/mol. The second-order valence-corrected chi connectivity index (χ2v) is 3.71. The van der Waals surface area contributed by atoms with Gasteiger partial charge in [-0.15, -0.1) is 13.2 Å². The topological polar surface area (TPSA) is 59.4 Å². The van der Waals surface area contributed by atoms with E-state index in [-0.39, 0.29) is 11.0 Å². The summed E-state index contributed by atoms with van der Waals surface area (Å²) in [6.45, 7) is 0. The molecule has 1 aromatic heterocycles. The zero-order chi connectivity index (χ0) is 14.8. The summed E-state index contributed by atoms with van der Waals surface area (Å²) < 4.78 is 64.7. The number of ether oxygens (including phenoxy) is 1. The van der Waals surface area contributed by atoms with Gasteiger partial charge in [0.2, 0.25) is 0 Å². The highest BCUT2D eigenvalue weighted by Crippen LogP contribution is 2.33. The highest BCUT2D eigenvalue weighted by molar-refractivity contribution is 9.08. The first kappa shape index (κ1) is 15.6. The van der Waals surface area contributed by atoms with Gasteiger partial charge in [0.05, 0.1) is 11.3 Å². The van der Waals surface area contributed by atoms with Crippen LogP contribution in [0.5, 0.6) is 5.75 Å². The minimum Gasteiger partial charge on any atom is -0.478 e. The number of aromatic nitrogens is 1. The van der Waals surface area contributed by atoms with Crippen LogP contribution in [0.15, 0.2) is 6.07 Å². The SMILES string of the molecule is O=C(O)c1cc(OC(F)(F)F)c(C(F)F)nc1CBr. The van der Waals surface area contributed by atoms with Crippen LogP contribution in [0.3, 0.4) is 0 Å². The fourth-order valence-corrected chi connectivity index (χ4v) is 1.63. The molecule has 0 spiro atoms. The summed E-state index contributed by atoms with van der Waals surface area (Å²) in [5.74, 6) is -2.93. The third-order valence-corrected chi connectivity index (χ3v) is 2.41. The summed E-state index contributed by atoms with van der Waals surface area (Å²) in [7, 11) is 0. The van der Waals surface area contributed by atoms with E-state index in [1.54, 1.807) is 0 Å². The van der Waals surface area contributed by atoms with Crippen LogP contribution in [0, 0.1) is 0 Å². The van der Waals surface area contributed by atoms with Crippen LogP contribution in [-0.4, -0.2) is 22.4 Å². The molecule has 1 heterocycles. The van der Waals surface area contributed by atoms with Crippen molar-refractivity contribution in [1.29, 1.82) is 0 Å². The molecule has 1 N–H and O–H groups in total. The molecular weight excluding hydrogens is 345 g/mol. The lowest BCUT2D eigenvalue weighted by atomic mass is 10.1. The Morgan fingerprint density at radius 3 is 2.42 bits per heavy atom. The van der Waals surface area contributed by atoms with Gasteiger partial charge in [-0.05, 0) is 6.07 Å². The zero-order valence-corrected chi connectivity index (χ0v) is 10.4. The number of carbonyl (C=O) groups is 1. The van der Waals surface area contributed by atoms with Crippen molar-refractivity contribution in [2.45, 2.75) is 18.1 Å². The minimum absolute atomic E-state index is 0.208. The Labute approximate surface area is 111 Å². The molecule has 0 atom stereocenters. The number of nitrogens with zero attached hydrogens (tertiary/aromatic N) is 1. The van der Waals surface area contributed by atoms with Crippen LogP contribution >= 0.6 is 15.9 Å². The van der Waals surface area contributed by atoms with E-state index in [4.69, 9.17) is 5.11 Å². The van der Waals surface area contributed by atoms with E-state index in [2.05, 4.69) is 25.7 Å². The Morgan fingerprint density at radius 2 is 2.05 bits per heavy atom. The number of carboxylic acid groups (broad SMARTS) is 1. The third kappa shape index (κ3) is 4.01. The van der Waals surface area contributed by atoms with E-state index < -0.39 is 35.8 Å². The lowest BCUT2D eigenvalue weighted by Gasteiger charge is -2.14. The van der Waals surface area contributed by atoms with E-state index in [1.165, 1.54) is 0 Å². The number of rotatable bonds is 4. The number of hydrogen-bond donors (Lipinski definition) is 1. The lowest BCUT2D eigenvalue weighted by Crippen LogP contribution is -2.20. The zero-order valence-electron chi connectivity index (χ0n) is 8.84. The van der Waals surface area contributed by atoms with E-state index in [1.807, 2.05) is 0 Å². The van der Waals surface area contributed by atoms with Crippen molar-refractivity contribution in [3.8, 4) is 5.75 Å². The Balaban J connectivity index is 3.41. The second-order valence-electron chi connectivity index (χ2n) is 3.15. The molecule has 0 aliphatic rings. The molecular formula is C9H5BrF5NO3. The highest BCUT2D eigenvalue weighted by atomic mass is 79.9. The van der Waals surface area contributed by atoms with Crippen molar-refractivity contribution >= 4 is 21.9 Å². The average Bonchev–Trinajstić information content (AvgIpc) is 2.25. The summed E-state index contributed by atoms with van der Waals surface area (Å²) in [5.41, 5.74) is -2.24. The van der Waals surface area contributed by atoms with Gasteiger partial charge in [0, 0.05) is 5.33 Å². The van der Waals surface area contributed by atoms with Gasteiger partial charge in [0.25, 0.3) is 6.43 Å². The van der Waals surface area contributed by atoms with Gasteiger partial charge in [0.1, 0.15) is 5.69 Å². The summed E-state index contributed by atoms with van der Waals surface area (Å²) in [6, 6.07) is 0.376. The molecule has 1 aromatic rings. The molecule has 10 heteroatoms. The first-order valence-corrected chi connectivity index (χ1v) is 5.64. The third-order valence-electron chi connectivity index (χ3n) is 1.88. The summed E-state index contributed by atoms with van der Waals surface area (Å²) in [5, 5.41) is 8.56. The van der Waals surface area contributed by atoms with Crippen molar-refractivity contribution in [3.63, 3.8) is 0 Å². The monoisotopic (exact) mass is 349 g/mol. The number of hydrogen-bond acceptors (Lipinski definition) is 3. The van der Waals surface area contributed by atoms with Gasteiger partial charge in [0.15, 0.2) is 5.75 Å². The summed E-state index contributed by atoms with van der Waals surface area (Å²) in [6.07, 6.45) is -8.56. The van der Waals surface area contributed by atoms with Crippen LogP contribution < -0.4 is 4.74 Å². The molecule has 4 nitrogen and oxygen atoms in total. The van der Waals surface area contributed by atoms with Crippen LogP contribution in [0.1, 0.15) is 28.2 Å². The molecule has 0 bridgehead atoms. The van der Waals surface area contributed by atoms with E-state index in [0.717, 1.165) is 0 Å².